The Morgan fingerprint density at radius 1 is 1.16 bits per heavy atom. The molecule has 0 spiro atoms. The highest BCUT2D eigenvalue weighted by Crippen LogP contribution is 2.23. The number of aromatic nitrogens is 2. The molecule has 0 aliphatic rings. The third-order valence-corrected chi connectivity index (χ3v) is 3.22. The van der Waals surface area contributed by atoms with E-state index in [9.17, 15) is 0 Å². The molecule has 0 aliphatic carbocycles. The minimum Gasteiger partial charge on any atom is -0.339 e. The van der Waals surface area contributed by atoms with Crippen molar-refractivity contribution in [2.24, 2.45) is 5.73 Å². The van der Waals surface area contributed by atoms with Gasteiger partial charge in [0, 0.05) is 18.0 Å². The monoisotopic (exact) mass is 253 g/mol. The molecule has 2 aromatic carbocycles. The van der Waals surface area contributed by atoms with E-state index < -0.39 is 0 Å². The highest BCUT2D eigenvalue weighted by atomic mass is 16.5. The van der Waals surface area contributed by atoms with Gasteiger partial charge >= 0.3 is 0 Å². The smallest absolute Gasteiger partial charge is 0.231 e. The Kier molecular flexibility index (Phi) is 3.01. The Labute approximate surface area is 111 Å². The van der Waals surface area contributed by atoms with Gasteiger partial charge in [-0.3, -0.25) is 0 Å². The molecule has 19 heavy (non-hydrogen) atoms. The molecule has 4 heteroatoms. The van der Waals surface area contributed by atoms with Crippen molar-refractivity contribution in [3.8, 4) is 11.4 Å². The maximum absolute atomic E-state index is 5.60. The van der Waals surface area contributed by atoms with Crippen LogP contribution in [0.5, 0.6) is 0 Å². The molecule has 0 bridgehead atoms. The third kappa shape index (κ3) is 2.22. The average molecular weight is 253 g/mol. The van der Waals surface area contributed by atoms with Crippen molar-refractivity contribution in [2.75, 3.05) is 6.54 Å². The van der Waals surface area contributed by atoms with Gasteiger partial charge in [-0.05, 0) is 16.8 Å². The van der Waals surface area contributed by atoms with Gasteiger partial charge in [0.05, 0.1) is 0 Å². The Hall–Kier alpha value is -2.20. The summed E-state index contributed by atoms with van der Waals surface area (Å²) in [5.41, 5.74) is 6.56. The first-order valence-corrected chi connectivity index (χ1v) is 6.31. The van der Waals surface area contributed by atoms with E-state index in [2.05, 4.69) is 34.4 Å². The van der Waals surface area contributed by atoms with Crippen molar-refractivity contribution in [2.45, 2.75) is 12.8 Å². The minimum atomic E-state index is 0.0849. The Morgan fingerprint density at radius 3 is 2.74 bits per heavy atom. The Balaban J connectivity index is 2.01. The summed E-state index contributed by atoms with van der Waals surface area (Å²) in [6.45, 7) is 2.47. The lowest BCUT2D eigenvalue weighted by Gasteiger charge is -2.00. The van der Waals surface area contributed by atoms with Crippen molar-refractivity contribution < 1.29 is 4.52 Å². The van der Waals surface area contributed by atoms with Gasteiger partial charge in [0.25, 0.3) is 0 Å². The highest BCUT2D eigenvalue weighted by Gasteiger charge is 2.13. The van der Waals surface area contributed by atoms with E-state index in [0.29, 0.717) is 18.3 Å². The van der Waals surface area contributed by atoms with Crippen LogP contribution in [0.3, 0.4) is 0 Å². The summed E-state index contributed by atoms with van der Waals surface area (Å²) >= 11 is 0. The molecule has 96 valence electrons. The van der Waals surface area contributed by atoms with Crippen LogP contribution in [0.25, 0.3) is 22.2 Å². The second-order valence-electron chi connectivity index (χ2n) is 4.65. The van der Waals surface area contributed by atoms with Crippen molar-refractivity contribution in [1.82, 2.24) is 10.1 Å². The first-order valence-electron chi connectivity index (χ1n) is 6.31. The molecule has 0 radical (unpaired) electrons. The number of benzene rings is 2. The molecule has 1 heterocycles. The number of nitrogens with zero attached hydrogens (tertiary/aromatic N) is 2. The molecular formula is C15H15N3O. The van der Waals surface area contributed by atoms with E-state index in [1.165, 1.54) is 10.8 Å². The first kappa shape index (κ1) is 11.9. The summed E-state index contributed by atoms with van der Waals surface area (Å²) in [6, 6.07) is 14.3. The van der Waals surface area contributed by atoms with Gasteiger partial charge in [-0.1, -0.05) is 48.5 Å². The quantitative estimate of drug-likeness (QED) is 0.779. The van der Waals surface area contributed by atoms with Crippen molar-refractivity contribution in [3.63, 3.8) is 0 Å². The lowest BCUT2D eigenvalue weighted by molar-refractivity contribution is 0.361. The minimum absolute atomic E-state index is 0.0849. The summed E-state index contributed by atoms with van der Waals surface area (Å²) in [6.07, 6.45) is 0. The van der Waals surface area contributed by atoms with Crippen molar-refractivity contribution in [3.05, 3.63) is 48.4 Å². The van der Waals surface area contributed by atoms with Crippen molar-refractivity contribution >= 4 is 10.8 Å². The van der Waals surface area contributed by atoms with Crippen LogP contribution in [0.4, 0.5) is 0 Å². The largest absolute Gasteiger partial charge is 0.339 e. The first-order chi connectivity index (χ1) is 9.28. The zero-order valence-electron chi connectivity index (χ0n) is 10.7. The Morgan fingerprint density at radius 2 is 1.95 bits per heavy atom. The second kappa shape index (κ2) is 4.82. The standard InChI is InChI=1S/C15H15N3O/c1-10(9-16)15-17-14(18-19-15)13-7-6-11-4-2-3-5-12(11)8-13/h2-8,10H,9,16H2,1H3. The van der Waals surface area contributed by atoms with Crippen LogP contribution in [0.15, 0.2) is 47.0 Å². The lowest BCUT2D eigenvalue weighted by atomic mass is 10.1. The molecule has 1 atom stereocenters. The van der Waals surface area contributed by atoms with Crippen LogP contribution in [-0.4, -0.2) is 16.7 Å². The predicted molar refractivity (Wildman–Crippen MR) is 74.7 cm³/mol. The molecule has 0 aliphatic heterocycles. The van der Waals surface area contributed by atoms with Gasteiger partial charge in [-0.25, -0.2) is 0 Å². The topological polar surface area (TPSA) is 64.9 Å². The number of fused-ring (bicyclic) bond motifs is 1. The zero-order valence-corrected chi connectivity index (χ0v) is 10.7. The SMILES string of the molecule is CC(CN)c1nc(-c2ccc3ccccc3c2)no1. The fourth-order valence-corrected chi connectivity index (χ4v) is 1.98. The van der Waals surface area contributed by atoms with Crippen LogP contribution < -0.4 is 5.73 Å². The summed E-state index contributed by atoms with van der Waals surface area (Å²) in [5, 5.41) is 6.38. The molecule has 0 saturated carbocycles. The molecule has 3 aromatic rings. The molecule has 3 rings (SSSR count). The molecule has 4 nitrogen and oxygen atoms in total. The van der Waals surface area contributed by atoms with E-state index in [0.717, 1.165) is 5.56 Å². The van der Waals surface area contributed by atoms with Crippen LogP contribution >= 0.6 is 0 Å². The predicted octanol–water partition coefficient (Wildman–Crippen LogP) is 2.95. The van der Waals surface area contributed by atoms with E-state index in [1.54, 1.807) is 0 Å². The highest BCUT2D eigenvalue weighted by molar-refractivity contribution is 5.86. The third-order valence-electron chi connectivity index (χ3n) is 3.22. The zero-order chi connectivity index (χ0) is 13.2. The number of rotatable bonds is 3. The normalized spacial score (nSPS) is 12.7. The molecule has 0 saturated heterocycles. The van der Waals surface area contributed by atoms with Gasteiger partial charge < -0.3 is 10.3 Å². The number of nitrogens with two attached hydrogens (primary N) is 1. The van der Waals surface area contributed by atoms with Crippen LogP contribution in [-0.2, 0) is 0 Å². The number of hydrogen-bond donors (Lipinski definition) is 1. The van der Waals surface area contributed by atoms with Gasteiger partial charge in [0.1, 0.15) is 0 Å². The maximum atomic E-state index is 5.60. The van der Waals surface area contributed by atoms with E-state index in [4.69, 9.17) is 10.3 Å². The Bertz CT molecular complexity index is 705. The molecular weight excluding hydrogens is 238 g/mol. The van der Waals surface area contributed by atoms with Crippen LogP contribution in [0.2, 0.25) is 0 Å². The maximum Gasteiger partial charge on any atom is 0.231 e. The summed E-state index contributed by atoms with van der Waals surface area (Å²) in [4.78, 5) is 4.40. The summed E-state index contributed by atoms with van der Waals surface area (Å²) in [5.74, 6) is 1.29. The van der Waals surface area contributed by atoms with Gasteiger partial charge in [0.2, 0.25) is 11.7 Å². The van der Waals surface area contributed by atoms with Crippen LogP contribution in [0, 0.1) is 0 Å². The summed E-state index contributed by atoms with van der Waals surface area (Å²) < 4.78 is 5.24. The van der Waals surface area contributed by atoms with Crippen molar-refractivity contribution in [1.29, 1.82) is 0 Å². The lowest BCUT2D eigenvalue weighted by Crippen LogP contribution is -2.08. The molecule has 2 N–H and O–H groups in total. The fraction of sp³-hybridized carbons (Fsp3) is 0.200. The van der Waals surface area contributed by atoms with E-state index in [1.807, 2.05) is 25.1 Å². The van der Waals surface area contributed by atoms with Crippen LogP contribution in [0.1, 0.15) is 18.7 Å². The van der Waals surface area contributed by atoms with E-state index in [-0.39, 0.29) is 5.92 Å². The number of hydrogen-bond acceptors (Lipinski definition) is 4. The fourth-order valence-electron chi connectivity index (χ4n) is 1.98. The van der Waals surface area contributed by atoms with Gasteiger partial charge in [-0.15, -0.1) is 0 Å². The van der Waals surface area contributed by atoms with Gasteiger partial charge in [0.15, 0.2) is 0 Å². The van der Waals surface area contributed by atoms with Gasteiger partial charge in [-0.2, -0.15) is 4.98 Å². The molecule has 0 fully saturated rings. The summed E-state index contributed by atoms with van der Waals surface area (Å²) in [7, 11) is 0. The van der Waals surface area contributed by atoms with E-state index >= 15 is 0 Å². The molecule has 0 amide bonds. The molecule has 1 aromatic heterocycles. The molecule has 1 unspecified atom stereocenters. The second-order valence-corrected chi connectivity index (χ2v) is 4.65. The average Bonchev–Trinajstić information content (AvgIpc) is 2.95.